The molecule has 0 bridgehead atoms. The molecule has 0 atom stereocenters. The fraction of sp³-hybridized carbons (Fsp3) is 0.500. The van der Waals surface area contributed by atoms with E-state index in [0.29, 0.717) is 43.1 Å². The van der Waals surface area contributed by atoms with Crippen molar-refractivity contribution < 1.29 is 19.4 Å². The fourth-order valence-electron chi connectivity index (χ4n) is 4.33. The molecule has 5 nitrogen and oxygen atoms in total. The SMILES string of the molecule is O=C(O)C1=C(C(=O)Cc2sc3c(c2-c2nc(C4CC4)cs2)CCOC3)CCCC1. The van der Waals surface area contributed by atoms with E-state index in [9.17, 15) is 14.7 Å². The van der Waals surface area contributed by atoms with Crippen LogP contribution in [-0.4, -0.2) is 28.4 Å². The second-order valence-electron chi connectivity index (χ2n) is 8.03. The second-order valence-corrected chi connectivity index (χ2v) is 10.1. The van der Waals surface area contributed by atoms with Crippen LogP contribution in [0.25, 0.3) is 10.6 Å². The van der Waals surface area contributed by atoms with Gasteiger partial charge in [-0.3, -0.25) is 4.79 Å². The van der Waals surface area contributed by atoms with Gasteiger partial charge in [0, 0.05) is 44.2 Å². The van der Waals surface area contributed by atoms with E-state index in [1.54, 1.807) is 22.7 Å². The first kappa shape index (κ1) is 19.2. The minimum absolute atomic E-state index is 0.0400. The number of thiophene rings is 1. The largest absolute Gasteiger partial charge is 0.478 e. The smallest absolute Gasteiger partial charge is 0.331 e. The Labute approximate surface area is 177 Å². The first-order valence-electron chi connectivity index (χ1n) is 10.3. The standard InChI is InChI=1S/C22H23NO4S2/c24-17(13-3-1-2-4-14(13)22(25)26)9-18-20(15-7-8-27-10-19(15)29-18)21-23-16(11-28-21)12-5-6-12/h11-12H,1-10H2,(H,25,26). The molecule has 1 N–H and O–H groups in total. The summed E-state index contributed by atoms with van der Waals surface area (Å²) in [5.74, 6) is -0.378. The first-order valence-corrected chi connectivity index (χ1v) is 12.0. The maximum Gasteiger partial charge on any atom is 0.331 e. The van der Waals surface area contributed by atoms with Gasteiger partial charge in [-0.25, -0.2) is 9.78 Å². The topological polar surface area (TPSA) is 76.5 Å². The van der Waals surface area contributed by atoms with Crippen LogP contribution in [0.4, 0.5) is 0 Å². The summed E-state index contributed by atoms with van der Waals surface area (Å²) < 4.78 is 5.64. The lowest BCUT2D eigenvalue weighted by Gasteiger charge is -2.16. The minimum Gasteiger partial charge on any atom is -0.478 e. The number of carbonyl (C=O) groups is 2. The molecule has 1 fully saturated rings. The van der Waals surface area contributed by atoms with E-state index >= 15 is 0 Å². The van der Waals surface area contributed by atoms with E-state index in [2.05, 4.69) is 5.38 Å². The van der Waals surface area contributed by atoms with Gasteiger partial charge in [-0.15, -0.1) is 22.7 Å². The molecule has 2 aromatic heterocycles. The Balaban J connectivity index is 1.51. The van der Waals surface area contributed by atoms with Gasteiger partial charge >= 0.3 is 5.97 Å². The molecule has 0 unspecified atom stereocenters. The molecule has 2 aliphatic carbocycles. The third-order valence-electron chi connectivity index (χ3n) is 6.01. The average molecular weight is 430 g/mol. The van der Waals surface area contributed by atoms with Crippen molar-refractivity contribution in [2.75, 3.05) is 6.61 Å². The highest BCUT2D eigenvalue weighted by Gasteiger charge is 2.30. The third-order valence-corrected chi connectivity index (χ3v) is 8.09. The highest BCUT2D eigenvalue weighted by atomic mass is 32.1. The quantitative estimate of drug-likeness (QED) is 0.708. The Hall–Kier alpha value is -1.83. The highest BCUT2D eigenvalue weighted by Crippen LogP contribution is 2.45. The predicted molar refractivity (Wildman–Crippen MR) is 113 cm³/mol. The van der Waals surface area contributed by atoms with E-state index in [1.807, 2.05) is 0 Å². The van der Waals surface area contributed by atoms with Gasteiger partial charge in [-0.2, -0.15) is 0 Å². The van der Waals surface area contributed by atoms with Crippen molar-refractivity contribution in [1.29, 1.82) is 0 Å². The van der Waals surface area contributed by atoms with Crippen LogP contribution in [0.2, 0.25) is 0 Å². The zero-order valence-corrected chi connectivity index (χ0v) is 17.8. The lowest BCUT2D eigenvalue weighted by Crippen LogP contribution is -2.17. The molecule has 1 aliphatic heterocycles. The van der Waals surface area contributed by atoms with Crippen molar-refractivity contribution >= 4 is 34.4 Å². The summed E-state index contributed by atoms with van der Waals surface area (Å²) in [6.07, 6.45) is 6.34. The zero-order valence-electron chi connectivity index (χ0n) is 16.2. The Morgan fingerprint density at radius 1 is 1.17 bits per heavy atom. The van der Waals surface area contributed by atoms with Gasteiger partial charge in [0.2, 0.25) is 0 Å². The molecular formula is C22H23NO4S2. The second kappa shape index (κ2) is 7.78. The number of nitrogens with zero attached hydrogens (tertiary/aromatic N) is 1. The Morgan fingerprint density at radius 3 is 2.72 bits per heavy atom. The van der Waals surface area contributed by atoms with Crippen LogP contribution < -0.4 is 0 Å². The predicted octanol–water partition coefficient (Wildman–Crippen LogP) is 4.89. The first-order chi connectivity index (χ1) is 14.1. The number of fused-ring (bicyclic) bond motifs is 1. The molecule has 1 saturated carbocycles. The molecule has 0 radical (unpaired) electrons. The number of ketones is 1. The molecule has 0 spiro atoms. The van der Waals surface area contributed by atoms with Crippen LogP contribution in [0, 0.1) is 0 Å². The van der Waals surface area contributed by atoms with Gasteiger partial charge in [-0.05, 0) is 50.5 Å². The molecule has 152 valence electrons. The van der Waals surface area contributed by atoms with E-state index in [0.717, 1.165) is 34.7 Å². The van der Waals surface area contributed by atoms with Gasteiger partial charge in [0.25, 0.3) is 0 Å². The molecule has 0 amide bonds. The van der Waals surface area contributed by atoms with Crippen LogP contribution >= 0.6 is 22.7 Å². The van der Waals surface area contributed by atoms with E-state index in [4.69, 9.17) is 9.72 Å². The number of thiazole rings is 1. The summed E-state index contributed by atoms with van der Waals surface area (Å²) >= 11 is 3.31. The minimum atomic E-state index is -0.943. The summed E-state index contributed by atoms with van der Waals surface area (Å²) in [5, 5.41) is 12.7. The lowest BCUT2D eigenvalue weighted by molar-refractivity contribution is -0.133. The van der Waals surface area contributed by atoms with Crippen molar-refractivity contribution in [1.82, 2.24) is 4.98 Å². The number of aliphatic carboxylic acids is 1. The van der Waals surface area contributed by atoms with Gasteiger partial charge in [-0.1, -0.05) is 0 Å². The number of carboxylic acids is 1. The average Bonchev–Trinajstić information content (AvgIpc) is 3.35. The maximum absolute atomic E-state index is 13.1. The number of hydrogen-bond acceptors (Lipinski definition) is 6. The Morgan fingerprint density at radius 2 is 1.97 bits per heavy atom. The van der Waals surface area contributed by atoms with Crippen LogP contribution in [0.3, 0.4) is 0 Å². The number of aromatic nitrogens is 1. The molecular weight excluding hydrogens is 406 g/mol. The molecule has 2 aromatic rings. The third kappa shape index (κ3) is 3.71. The number of Topliss-reactive ketones (excluding diaryl/α,β-unsaturated/α-hetero) is 1. The molecule has 29 heavy (non-hydrogen) atoms. The number of carbonyl (C=O) groups excluding carboxylic acids is 1. The number of carboxylic acid groups (broad SMARTS) is 1. The van der Waals surface area contributed by atoms with Crippen molar-refractivity contribution in [3.05, 3.63) is 37.5 Å². The van der Waals surface area contributed by atoms with E-state index < -0.39 is 5.97 Å². The van der Waals surface area contributed by atoms with Crippen LogP contribution in [0.1, 0.15) is 65.5 Å². The van der Waals surface area contributed by atoms with Gasteiger partial charge in [0.15, 0.2) is 5.78 Å². The lowest BCUT2D eigenvalue weighted by atomic mass is 9.87. The zero-order chi connectivity index (χ0) is 20.0. The van der Waals surface area contributed by atoms with Gasteiger partial charge in [0.05, 0.1) is 18.9 Å². The summed E-state index contributed by atoms with van der Waals surface area (Å²) in [6, 6.07) is 0. The van der Waals surface area contributed by atoms with Gasteiger partial charge < -0.3 is 9.84 Å². The molecule has 5 rings (SSSR count). The fourth-order valence-corrected chi connectivity index (χ4v) is 6.69. The molecule has 3 heterocycles. The van der Waals surface area contributed by atoms with Gasteiger partial charge in [0.1, 0.15) is 5.01 Å². The summed E-state index contributed by atoms with van der Waals surface area (Å²) in [7, 11) is 0. The monoisotopic (exact) mass is 429 g/mol. The molecule has 7 heteroatoms. The maximum atomic E-state index is 13.1. The Bertz CT molecular complexity index is 1010. The number of allylic oxidation sites excluding steroid dienone is 1. The molecule has 3 aliphatic rings. The van der Waals surface area contributed by atoms with Crippen LogP contribution in [0.5, 0.6) is 0 Å². The van der Waals surface area contributed by atoms with Crippen molar-refractivity contribution in [3.63, 3.8) is 0 Å². The number of rotatable bonds is 6. The van der Waals surface area contributed by atoms with Crippen molar-refractivity contribution in [3.8, 4) is 10.6 Å². The number of hydrogen-bond donors (Lipinski definition) is 1. The summed E-state index contributed by atoms with van der Waals surface area (Å²) in [5.41, 5.74) is 4.41. The Kier molecular flexibility index (Phi) is 5.14. The van der Waals surface area contributed by atoms with Crippen molar-refractivity contribution in [2.24, 2.45) is 0 Å². The van der Waals surface area contributed by atoms with Crippen LogP contribution in [0.15, 0.2) is 16.5 Å². The summed E-state index contributed by atoms with van der Waals surface area (Å²) in [4.78, 5) is 31.9. The summed E-state index contributed by atoms with van der Waals surface area (Å²) in [6.45, 7) is 1.28. The normalized spacial score (nSPS) is 19.3. The van der Waals surface area contributed by atoms with E-state index in [1.165, 1.54) is 29.0 Å². The molecule has 0 saturated heterocycles. The van der Waals surface area contributed by atoms with Crippen LogP contribution in [-0.2, 0) is 33.8 Å². The van der Waals surface area contributed by atoms with Crippen molar-refractivity contribution in [2.45, 2.75) is 63.9 Å². The molecule has 0 aromatic carbocycles. The highest BCUT2D eigenvalue weighted by molar-refractivity contribution is 7.15. The number of ether oxygens (including phenoxy) is 1. The van der Waals surface area contributed by atoms with E-state index in [-0.39, 0.29) is 12.2 Å².